The van der Waals surface area contributed by atoms with Crippen molar-refractivity contribution in [3.8, 4) is 0 Å². The summed E-state index contributed by atoms with van der Waals surface area (Å²) in [6.45, 7) is 4.64. The quantitative estimate of drug-likeness (QED) is 0.714. The van der Waals surface area contributed by atoms with Crippen molar-refractivity contribution < 1.29 is 18.7 Å². The van der Waals surface area contributed by atoms with Gasteiger partial charge in [0.25, 0.3) is 11.8 Å². The monoisotopic (exact) mass is 439 g/mol. The number of amides is 2. The molecule has 0 aliphatic carbocycles. The highest BCUT2D eigenvalue weighted by atomic mass is 19.1. The molecule has 2 aromatic rings. The number of carbonyl (C=O) groups is 2. The Hall–Kier alpha value is -3.30. The Morgan fingerprint density at radius 1 is 1.22 bits per heavy atom. The fraction of sp³-hybridized carbons (Fsp3) is 0.348. The number of anilines is 1. The van der Waals surface area contributed by atoms with Gasteiger partial charge in [0.1, 0.15) is 12.4 Å². The molecule has 8 nitrogen and oxygen atoms in total. The minimum atomic E-state index is -0.427. The van der Waals surface area contributed by atoms with Gasteiger partial charge in [0, 0.05) is 19.6 Å². The summed E-state index contributed by atoms with van der Waals surface area (Å²) < 4.78 is 19.3. The van der Waals surface area contributed by atoms with Gasteiger partial charge in [0.05, 0.1) is 24.9 Å². The Balaban J connectivity index is 1.45. The van der Waals surface area contributed by atoms with E-state index < -0.39 is 5.91 Å². The summed E-state index contributed by atoms with van der Waals surface area (Å²) in [5, 5.41) is 4.22. The van der Waals surface area contributed by atoms with Gasteiger partial charge in [-0.2, -0.15) is 0 Å². The number of hydrogen-bond donors (Lipinski definition) is 2. The predicted molar refractivity (Wildman–Crippen MR) is 119 cm³/mol. The first-order valence-electron chi connectivity index (χ1n) is 10.6. The second kappa shape index (κ2) is 9.88. The lowest BCUT2D eigenvalue weighted by Crippen LogP contribution is -2.56. The molecule has 0 radical (unpaired) electrons. The molecule has 2 heterocycles. The summed E-state index contributed by atoms with van der Waals surface area (Å²) in [5.41, 5.74) is 5.30. The summed E-state index contributed by atoms with van der Waals surface area (Å²) in [4.78, 5) is 31.4. The van der Waals surface area contributed by atoms with Gasteiger partial charge in [-0.25, -0.2) is 9.40 Å². The number of aryl methyl sites for hydroxylation is 1. The van der Waals surface area contributed by atoms with Crippen LogP contribution in [-0.2, 0) is 14.3 Å². The van der Waals surface area contributed by atoms with Crippen molar-refractivity contribution in [3.05, 3.63) is 65.5 Å². The molecule has 0 spiro atoms. The lowest BCUT2D eigenvalue weighted by atomic mass is 10.0. The number of morpholine rings is 1. The molecule has 0 saturated carbocycles. The molecule has 1 saturated heterocycles. The lowest BCUT2D eigenvalue weighted by molar-refractivity contribution is -0.118. The van der Waals surface area contributed by atoms with Crippen LogP contribution >= 0.6 is 0 Å². The third-order valence-corrected chi connectivity index (χ3v) is 5.52. The highest BCUT2D eigenvalue weighted by molar-refractivity contribution is 6.39. The average molecular weight is 439 g/mol. The molecule has 0 aromatic heterocycles. The molecule has 168 valence electrons. The molecular formula is C23H26FN5O3. The van der Waals surface area contributed by atoms with Gasteiger partial charge in [-0.05, 0) is 36.8 Å². The van der Waals surface area contributed by atoms with Gasteiger partial charge in [-0.15, -0.1) is 0 Å². The van der Waals surface area contributed by atoms with Crippen LogP contribution in [0.15, 0.2) is 53.5 Å². The van der Waals surface area contributed by atoms with Gasteiger partial charge in [0.2, 0.25) is 5.84 Å². The zero-order valence-corrected chi connectivity index (χ0v) is 17.9. The first kappa shape index (κ1) is 21.9. The van der Waals surface area contributed by atoms with Crippen LogP contribution in [0.3, 0.4) is 0 Å². The zero-order valence-electron chi connectivity index (χ0n) is 17.9. The van der Waals surface area contributed by atoms with Crippen molar-refractivity contribution in [2.24, 2.45) is 4.99 Å². The summed E-state index contributed by atoms with van der Waals surface area (Å²) in [5.74, 6) is -0.941. The summed E-state index contributed by atoms with van der Waals surface area (Å²) in [6.07, 6.45) is 0. The van der Waals surface area contributed by atoms with E-state index in [1.54, 1.807) is 18.2 Å². The second-order valence-corrected chi connectivity index (χ2v) is 7.77. The van der Waals surface area contributed by atoms with Crippen LogP contribution in [0.5, 0.6) is 0 Å². The second-order valence-electron chi connectivity index (χ2n) is 7.77. The van der Waals surface area contributed by atoms with Crippen LogP contribution in [0, 0.1) is 12.7 Å². The molecular weight excluding hydrogens is 413 g/mol. The molecule has 0 bridgehead atoms. The molecule has 4 rings (SSSR count). The zero-order chi connectivity index (χ0) is 22.5. The molecule has 1 atom stereocenters. The first-order valence-corrected chi connectivity index (χ1v) is 10.6. The van der Waals surface area contributed by atoms with Gasteiger partial charge < -0.3 is 10.1 Å². The Morgan fingerprint density at radius 3 is 2.69 bits per heavy atom. The van der Waals surface area contributed by atoms with E-state index in [9.17, 15) is 14.0 Å². The Kier molecular flexibility index (Phi) is 6.77. The van der Waals surface area contributed by atoms with E-state index in [-0.39, 0.29) is 36.7 Å². The van der Waals surface area contributed by atoms with E-state index >= 15 is 0 Å². The summed E-state index contributed by atoms with van der Waals surface area (Å²) in [7, 11) is 0. The largest absolute Gasteiger partial charge is 0.379 e. The number of halogens is 1. The molecule has 2 aromatic carbocycles. The van der Waals surface area contributed by atoms with Crippen molar-refractivity contribution in [2.75, 3.05) is 44.4 Å². The minimum absolute atomic E-state index is 0.0603. The molecule has 1 unspecified atom stereocenters. The third-order valence-electron chi connectivity index (χ3n) is 5.52. The molecule has 2 aliphatic heterocycles. The highest BCUT2D eigenvalue weighted by Gasteiger charge is 2.28. The molecule has 2 amide bonds. The fourth-order valence-electron chi connectivity index (χ4n) is 3.78. The number of carbonyl (C=O) groups excluding carboxylic acids is 2. The van der Waals surface area contributed by atoms with Crippen LogP contribution in [-0.4, -0.2) is 61.9 Å². The maximum atomic E-state index is 13.9. The molecule has 1 fully saturated rings. The van der Waals surface area contributed by atoms with E-state index in [2.05, 4.69) is 20.6 Å². The van der Waals surface area contributed by atoms with Gasteiger partial charge in [-0.3, -0.25) is 24.9 Å². The first-order chi connectivity index (χ1) is 15.5. The summed E-state index contributed by atoms with van der Waals surface area (Å²) >= 11 is 0. The maximum Gasteiger partial charge on any atom is 0.288 e. The van der Waals surface area contributed by atoms with Crippen LogP contribution < -0.4 is 15.8 Å². The number of benzene rings is 2. The average Bonchev–Trinajstić information content (AvgIpc) is 2.81. The van der Waals surface area contributed by atoms with Gasteiger partial charge in [0.15, 0.2) is 0 Å². The van der Waals surface area contributed by atoms with E-state index in [1.807, 2.05) is 25.1 Å². The topological polar surface area (TPSA) is 86.3 Å². The molecule has 2 aliphatic rings. The number of rotatable bonds is 6. The predicted octanol–water partition coefficient (Wildman–Crippen LogP) is 1.57. The van der Waals surface area contributed by atoms with E-state index in [0.29, 0.717) is 32.0 Å². The van der Waals surface area contributed by atoms with Crippen molar-refractivity contribution in [1.82, 2.24) is 15.6 Å². The van der Waals surface area contributed by atoms with Gasteiger partial charge >= 0.3 is 0 Å². The standard InChI is InChI=1S/C23H26FN5O3/c1-16-5-7-19(8-6-16)29-21(30)15-25-22(27-29)23(31)26-14-20(28-9-11-32-12-10-28)17-3-2-4-18(24)13-17/h2-8,13,20H,9-12,14-15H2,1H3,(H,25,27)(H,26,31). The lowest BCUT2D eigenvalue weighted by Gasteiger charge is -2.35. The van der Waals surface area contributed by atoms with E-state index in [1.165, 1.54) is 17.1 Å². The number of hydrazine groups is 1. The van der Waals surface area contributed by atoms with Crippen LogP contribution in [0.25, 0.3) is 0 Å². The van der Waals surface area contributed by atoms with E-state index in [4.69, 9.17) is 4.74 Å². The summed E-state index contributed by atoms with van der Waals surface area (Å²) in [6, 6.07) is 13.6. The number of aliphatic imine (C=N–C) groups is 1. The maximum absolute atomic E-state index is 13.9. The Morgan fingerprint density at radius 2 is 1.97 bits per heavy atom. The minimum Gasteiger partial charge on any atom is -0.379 e. The molecule has 9 heteroatoms. The normalized spacial score (nSPS) is 18.0. The number of amidine groups is 1. The van der Waals surface area contributed by atoms with Crippen molar-refractivity contribution in [3.63, 3.8) is 0 Å². The number of nitrogens with one attached hydrogen (secondary N) is 2. The van der Waals surface area contributed by atoms with Crippen LogP contribution in [0.4, 0.5) is 10.1 Å². The van der Waals surface area contributed by atoms with Crippen molar-refractivity contribution in [1.29, 1.82) is 0 Å². The molecule has 2 N–H and O–H groups in total. The third kappa shape index (κ3) is 5.12. The smallest absolute Gasteiger partial charge is 0.288 e. The van der Waals surface area contributed by atoms with Crippen molar-refractivity contribution >= 4 is 23.3 Å². The number of ether oxygens (including phenoxy) is 1. The van der Waals surface area contributed by atoms with Crippen LogP contribution in [0.2, 0.25) is 0 Å². The molecule has 32 heavy (non-hydrogen) atoms. The Labute approximate surface area is 186 Å². The number of nitrogens with zero attached hydrogens (tertiary/aromatic N) is 3. The van der Waals surface area contributed by atoms with E-state index in [0.717, 1.165) is 11.1 Å². The fourth-order valence-corrected chi connectivity index (χ4v) is 3.78. The van der Waals surface area contributed by atoms with Crippen LogP contribution in [0.1, 0.15) is 17.2 Å². The van der Waals surface area contributed by atoms with Gasteiger partial charge in [-0.1, -0.05) is 29.8 Å². The Bertz CT molecular complexity index is 1000. The van der Waals surface area contributed by atoms with Crippen molar-refractivity contribution in [2.45, 2.75) is 13.0 Å². The highest BCUT2D eigenvalue weighted by Crippen LogP contribution is 2.22. The SMILES string of the molecule is Cc1ccc(N2NC(C(=O)NCC(c3cccc(F)c3)N3CCOCC3)=NCC2=O)cc1. The number of hydrogen-bond acceptors (Lipinski definition) is 6.